The summed E-state index contributed by atoms with van der Waals surface area (Å²) in [4.78, 5) is 15.8. The van der Waals surface area contributed by atoms with Crippen LogP contribution in [0.3, 0.4) is 0 Å². The first-order chi connectivity index (χ1) is 7.84. The van der Waals surface area contributed by atoms with Gasteiger partial charge in [0.2, 0.25) is 0 Å². The molecule has 0 unspecified atom stereocenters. The Morgan fingerprint density at radius 1 is 1.31 bits per heavy atom. The summed E-state index contributed by atoms with van der Waals surface area (Å²) < 4.78 is 1.46. The fourth-order valence-electron chi connectivity index (χ4n) is 1.74. The number of benzene rings is 1. The van der Waals surface area contributed by atoms with Gasteiger partial charge in [-0.05, 0) is 18.2 Å². The van der Waals surface area contributed by atoms with Crippen molar-refractivity contribution in [2.45, 2.75) is 0 Å². The van der Waals surface area contributed by atoms with Gasteiger partial charge < -0.3 is 10.6 Å². The molecular weight excluding hydrogens is 204 g/mol. The predicted octanol–water partition coefficient (Wildman–Crippen LogP) is 1.37. The van der Waals surface area contributed by atoms with E-state index < -0.39 is 0 Å². The van der Waals surface area contributed by atoms with Crippen molar-refractivity contribution >= 4 is 17.3 Å². The van der Waals surface area contributed by atoms with Crippen LogP contribution >= 0.6 is 0 Å². The van der Waals surface area contributed by atoms with Crippen LogP contribution in [0.15, 0.2) is 36.9 Å². The molecule has 5 heteroatoms. The Labute approximate surface area is 92.1 Å². The fourth-order valence-corrected chi connectivity index (χ4v) is 1.74. The van der Waals surface area contributed by atoms with Crippen LogP contribution in [-0.2, 0) is 0 Å². The first-order valence-electron chi connectivity index (χ1n) is 4.99. The molecular formula is C11H10N4O. The van der Waals surface area contributed by atoms with E-state index in [-0.39, 0.29) is 5.91 Å². The average molecular weight is 214 g/mol. The number of hydrogen-bond acceptors (Lipinski definition) is 4. The number of carbonyl (C=O) groups excluding carboxylic acids is 1. The van der Waals surface area contributed by atoms with Crippen LogP contribution in [0.2, 0.25) is 0 Å². The minimum absolute atomic E-state index is 0.0750. The summed E-state index contributed by atoms with van der Waals surface area (Å²) >= 11 is 0. The number of anilines is 2. The van der Waals surface area contributed by atoms with Gasteiger partial charge in [-0.1, -0.05) is 0 Å². The van der Waals surface area contributed by atoms with Crippen molar-refractivity contribution in [1.82, 2.24) is 9.55 Å². The van der Waals surface area contributed by atoms with Crippen LogP contribution in [0.4, 0.5) is 11.4 Å². The van der Waals surface area contributed by atoms with E-state index in [1.807, 2.05) is 12.1 Å². The maximum Gasteiger partial charge on any atom is 0.263 e. The summed E-state index contributed by atoms with van der Waals surface area (Å²) in [5.74, 6) is -0.0750. The van der Waals surface area contributed by atoms with Gasteiger partial charge in [0.15, 0.2) is 0 Å². The SMILES string of the molecule is O=C(c1ccc2c(c1)NCN2)n1ccnc1. The number of nitrogens with one attached hydrogen (secondary N) is 2. The molecule has 2 aromatic rings. The second kappa shape index (κ2) is 3.37. The maximum atomic E-state index is 12.0. The normalized spacial score (nSPS) is 12.8. The third kappa shape index (κ3) is 1.33. The van der Waals surface area contributed by atoms with E-state index in [1.54, 1.807) is 18.5 Å². The summed E-state index contributed by atoms with van der Waals surface area (Å²) in [5, 5.41) is 6.31. The van der Waals surface area contributed by atoms with Crippen LogP contribution in [-0.4, -0.2) is 22.1 Å². The van der Waals surface area contributed by atoms with E-state index in [1.165, 1.54) is 10.9 Å². The maximum absolute atomic E-state index is 12.0. The number of rotatable bonds is 1. The van der Waals surface area contributed by atoms with Gasteiger partial charge in [0.1, 0.15) is 6.33 Å². The fraction of sp³-hybridized carbons (Fsp3) is 0.0909. The molecule has 0 amide bonds. The number of hydrogen-bond donors (Lipinski definition) is 2. The monoisotopic (exact) mass is 214 g/mol. The van der Waals surface area contributed by atoms with Crippen LogP contribution in [0.5, 0.6) is 0 Å². The Morgan fingerprint density at radius 3 is 3.00 bits per heavy atom. The van der Waals surface area contributed by atoms with Crippen molar-refractivity contribution in [3.63, 3.8) is 0 Å². The van der Waals surface area contributed by atoms with Crippen molar-refractivity contribution in [2.24, 2.45) is 0 Å². The quantitative estimate of drug-likeness (QED) is 0.752. The lowest BCUT2D eigenvalue weighted by molar-refractivity contribution is 0.0960. The van der Waals surface area contributed by atoms with Gasteiger partial charge in [0.25, 0.3) is 5.91 Å². The topological polar surface area (TPSA) is 59.0 Å². The van der Waals surface area contributed by atoms with Crippen molar-refractivity contribution in [1.29, 1.82) is 0 Å². The Morgan fingerprint density at radius 2 is 2.19 bits per heavy atom. The average Bonchev–Trinajstić information content (AvgIpc) is 2.98. The molecule has 0 radical (unpaired) electrons. The molecule has 2 heterocycles. The first kappa shape index (κ1) is 8.96. The van der Waals surface area contributed by atoms with E-state index in [9.17, 15) is 4.79 Å². The minimum atomic E-state index is -0.0750. The number of carbonyl (C=O) groups is 1. The van der Waals surface area contributed by atoms with Crippen molar-refractivity contribution < 1.29 is 4.79 Å². The lowest BCUT2D eigenvalue weighted by Crippen LogP contribution is -2.09. The number of nitrogens with zero attached hydrogens (tertiary/aromatic N) is 2. The largest absolute Gasteiger partial charge is 0.366 e. The molecule has 16 heavy (non-hydrogen) atoms. The molecule has 0 saturated heterocycles. The molecule has 80 valence electrons. The highest BCUT2D eigenvalue weighted by Gasteiger charge is 2.13. The second-order valence-corrected chi connectivity index (χ2v) is 3.57. The second-order valence-electron chi connectivity index (χ2n) is 3.57. The van der Waals surface area contributed by atoms with Gasteiger partial charge in [-0.3, -0.25) is 9.36 Å². The Balaban J connectivity index is 1.99. The van der Waals surface area contributed by atoms with Crippen LogP contribution in [0, 0.1) is 0 Å². The molecule has 0 atom stereocenters. The highest BCUT2D eigenvalue weighted by molar-refractivity contribution is 5.98. The molecule has 1 aliphatic heterocycles. The van der Waals surface area contributed by atoms with E-state index in [4.69, 9.17) is 0 Å². The Kier molecular flexibility index (Phi) is 1.89. The van der Waals surface area contributed by atoms with Gasteiger partial charge in [-0.2, -0.15) is 0 Å². The summed E-state index contributed by atoms with van der Waals surface area (Å²) in [6.45, 7) is 0.706. The standard InChI is InChI=1S/C11H10N4O/c16-11(15-4-3-12-7-15)8-1-2-9-10(5-8)14-6-13-9/h1-5,7,13-14H,6H2. The van der Waals surface area contributed by atoms with Crippen LogP contribution < -0.4 is 10.6 Å². The molecule has 1 aromatic carbocycles. The summed E-state index contributed by atoms with van der Waals surface area (Å²) in [7, 11) is 0. The number of aromatic nitrogens is 2. The van der Waals surface area contributed by atoms with E-state index in [0.717, 1.165) is 11.4 Å². The molecule has 5 nitrogen and oxygen atoms in total. The van der Waals surface area contributed by atoms with E-state index in [0.29, 0.717) is 12.2 Å². The number of imidazole rings is 1. The zero-order valence-corrected chi connectivity index (χ0v) is 8.47. The molecule has 2 N–H and O–H groups in total. The highest BCUT2D eigenvalue weighted by Crippen LogP contribution is 2.27. The summed E-state index contributed by atoms with van der Waals surface area (Å²) in [6.07, 6.45) is 4.73. The van der Waals surface area contributed by atoms with Gasteiger partial charge in [0, 0.05) is 18.0 Å². The van der Waals surface area contributed by atoms with Crippen LogP contribution in [0.25, 0.3) is 0 Å². The first-order valence-corrected chi connectivity index (χ1v) is 4.99. The van der Waals surface area contributed by atoms with Gasteiger partial charge in [0.05, 0.1) is 18.0 Å². The lowest BCUT2D eigenvalue weighted by atomic mass is 10.1. The number of fused-ring (bicyclic) bond motifs is 1. The molecule has 0 bridgehead atoms. The van der Waals surface area contributed by atoms with Crippen molar-refractivity contribution in [3.8, 4) is 0 Å². The Hall–Kier alpha value is -2.30. The van der Waals surface area contributed by atoms with Crippen molar-refractivity contribution in [3.05, 3.63) is 42.5 Å². The molecule has 0 saturated carbocycles. The molecule has 0 fully saturated rings. The van der Waals surface area contributed by atoms with E-state index in [2.05, 4.69) is 15.6 Å². The molecule has 0 spiro atoms. The smallest absolute Gasteiger partial charge is 0.263 e. The predicted molar refractivity (Wildman–Crippen MR) is 60.5 cm³/mol. The van der Waals surface area contributed by atoms with Gasteiger partial charge in [-0.15, -0.1) is 0 Å². The molecule has 3 rings (SSSR count). The summed E-state index contributed by atoms with van der Waals surface area (Å²) in [6, 6.07) is 5.55. The van der Waals surface area contributed by atoms with Crippen LogP contribution in [0.1, 0.15) is 10.4 Å². The van der Waals surface area contributed by atoms with Gasteiger partial charge >= 0.3 is 0 Å². The lowest BCUT2D eigenvalue weighted by Gasteiger charge is -2.03. The summed E-state index contributed by atoms with van der Waals surface area (Å²) in [5.41, 5.74) is 2.64. The minimum Gasteiger partial charge on any atom is -0.366 e. The molecule has 1 aromatic heterocycles. The zero-order valence-electron chi connectivity index (χ0n) is 8.47. The van der Waals surface area contributed by atoms with Gasteiger partial charge in [-0.25, -0.2) is 4.98 Å². The third-order valence-electron chi connectivity index (χ3n) is 2.56. The van der Waals surface area contributed by atoms with E-state index >= 15 is 0 Å². The molecule has 0 aliphatic carbocycles. The van der Waals surface area contributed by atoms with Crippen molar-refractivity contribution in [2.75, 3.05) is 17.3 Å². The Bertz CT molecular complexity index is 533. The zero-order chi connectivity index (χ0) is 11.0. The molecule has 1 aliphatic rings. The highest BCUT2D eigenvalue weighted by atomic mass is 16.2. The third-order valence-corrected chi connectivity index (χ3v) is 2.56.